The monoisotopic (exact) mass is 240 g/mol. The van der Waals surface area contributed by atoms with Gasteiger partial charge < -0.3 is 0 Å². The van der Waals surface area contributed by atoms with Crippen molar-refractivity contribution < 1.29 is 0 Å². The second kappa shape index (κ2) is 4.04. The summed E-state index contributed by atoms with van der Waals surface area (Å²) in [5, 5.41) is 4.77. The Hall–Kier alpha value is -1.32. The van der Waals surface area contributed by atoms with Crippen molar-refractivity contribution in [2.75, 3.05) is 0 Å². The average Bonchev–Trinajstić information content (AvgIpc) is 2.23. The highest BCUT2D eigenvalue weighted by Gasteiger charge is 2.03. The van der Waals surface area contributed by atoms with Crippen molar-refractivity contribution in [3.05, 3.63) is 56.9 Å². The van der Waals surface area contributed by atoms with E-state index >= 15 is 0 Å². The molecule has 1 heterocycles. The van der Waals surface area contributed by atoms with E-state index in [-0.39, 0.29) is 5.56 Å². The molecule has 0 aliphatic heterocycles. The molecule has 0 saturated heterocycles. The van der Waals surface area contributed by atoms with Crippen molar-refractivity contribution in [2.24, 2.45) is 0 Å². The second-order valence-electron chi connectivity index (χ2n) is 2.87. The van der Waals surface area contributed by atoms with Crippen LogP contribution in [0.25, 0.3) is 5.69 Å². The first-order valence-electron chi connectivity index (χ1n) is 4.18. The van der Waals surface area contributed by atoms with Crippen LogP contribution in [0.1, 0.15) is 0 Å². The predicted molar refractivity (Wildman–Crippen MR) is 59.9 cm³/mol. The molecular weight excluding hydrogens is 235 g/mol. The highest BCUT2D eigenvalue weighted by atomic mass is 35.5. The third kappa shape index (κ3) is 2.03. The maximum atomic E-state index is 11.4. The molecule has 3 nitrogen and oxygen atoms in total. The van der Waals surface area contributed by atoms with Gasteiger partial charge in [-0.1, -0.05) is 23.2 Å². The van der Waals surface area contributed by atoms with Gasteiger partial charge in [0.05, 0.1) is 15.7 Å². The molecule has 76 valence electrons. The average molecular weight is 241 g/mol. The lowest BCUT2D eigenvalue weighted by molar-refractivity contribution is 0.807. The van der Waals surface area contributed by atoms with Gasteiger partial charge in [0.1, 0.15) is 0 Å². The lowest BCUT2D eigenvalue weighted by Gasteiger charge is -2.04. The van der Waals surface area contributed by atoms with E-state index in [4.69, 9.17) is 23.2 Å². The van der Waals surface area contributed by atoms with Gasteiger partial charge >= 0.3 is 0 Å². The fourth-order valence-electron chi connectivity index (χ4n) is 1.17. The topological polar surface area (TPSA) is 34.9 Å². The summed E-state index contributed by atoms with van der Waals surface area (Å²) in [4.78, 5) is 11.4. The Morgan fingerprint density at radius 2 is 1.93 bits per heavy atom. The third-order valence-corrected chi connectivity index (χ3v) is 2.60. The van der Waals surface area contributed by atoms with Gasteiger partial charge in [0, 0.05) is 12.3 Å². The largest absolute Gasteiger partial charge is 0.271 e. The van der Waals surface area contributed by atoms with Gasteiger partial charge in [-0.2, -0.15) is 9.78 Å². The molecule has 0 amide bonds. The van der Waals surface area contributed by atoms with Crippen molar-refractivity contribution in [3.63, 3.8) is 0 Å². The molecule has 1 aromatic heterocycles. The summed E-state index contributed by atoms with van der Waals surface area (Å²) >= 11 is 11.6. The Morgan fingerprint density at radius 1 is 1.13 bits per heavy atom. The Bertz CT molecular complexity index is 551. The summed E-state index contributed by atoms with van der Waals surface area (Å²) in [5.41, 5.74) is 0.380. The molecule has 0 bridgehead atoms. The van der Waals surface area contributed by atoms with E-state index in [1.54, 1.807) is 24.3 Å². The minimum Gasteiger partial charge on any atom is -0.267 e. The molecule has 2 aromatic rings. The number of halogens is 2. The zero-order valence-corrected chi connectivity index (χ0v) is 9.03. The predicted octanol–water partition coefficient (Wildman–Crippen LogP) is 2.54. The zero-order valence-electron chi connectivity index (χ0n) is 7.52. The van der Waals surface area contributed by atoms with E-state index in [0.29, 0.717) is 15.7 Å². The smallest absolute Gasteiger partial charge is 0.267 e. The third-order valence-electron chi connectivity index (χ3n) is 1.86. The summed E-state index contributed by atoms with van der Waals surface area (Å²) in [6.07, 6.45) is 1.53. The van der Waals surface area contributed by atoms with Crippen molar-refractivity contribution in [3.8, 4) is 5.69 Å². The van der Waals surface area contributed by atoms with Gasteiger partial charge in [-0.25, -0.2) is 0 Å². The Kier molecular flexibility index (Phi) is 2.75. The maximum Gasteiger partial charge on any atom is 0.271 e. The Labute approximate surface area is 95.9 Å². The molecule has 0 N–H and O–H groups in total. The molecule has 0 fully saturated rings. The first-order chi connectivity index (χ1) is 7.18. The lowest BCUT2D eigenvalue weighted by atomic mass is 10.3. The van der Waals surface area contributed by atoms with Crippen LogP contribution < -0.4 is 5.56 Å². The number of hydrogen-bond donors (Lipinski definition) is 0. The molecule has 2 rings (SSSR count). The molecule has 0 radical (unpaired) electrons. The van der Waals surface area contributed by atoms with E-state index in [2.05, 4.69) is 5.10 Å². The van der Waals surface area contributed by atoms with Gasteiger partial charge in [0.25, 0.3) is 5.56 Å². The number of nitrogens with zero attached hydrogens (tertiary/aromatic N) is 2. The zero-order chi connectivity index (χ0) is 10.8. The molecule has 0 aliphatic carbocycles. The minimum absolute atomic E-state index is 0.212. The normalized spacial score (nSPS) is 10.3. The van der Waals surface area contributed by atoms with Crippen LogP contribution in [-0.2, 0) is 0 Å². The standard InChI is InChI=1S/C10H6Cl2N2O/c11-8-4-3-7(6-9(8)12)14-10(15)2-1-5-13-14/h1-6H. The minimum atomic E-state index is -0.212. The van der Waals surface area contributed by atoms with Crippen LogP contribution in [0.5, 0.6) is 0 Å². The van der Waals surface area contributed by atoms with Gasteiger partial charge in [-0.15, -0.1) is 0 Å². The van der Waals surface area contributed by atoms with E-state index < -0.39 is 0 Å². The van der Waals surface area contributed by atoms with Crippen LogP contribution in [-0.4, -0.2) is 9.78 Å². The Morgan fingerprint density at radius 3 is 2.60 bits per heavy atom. The summed E-state index contributed by atoms with van der Waals surface area (Å²) < 4.78 is 1.25. The number of benzene rings is 1. The van der Waals surface area contributed by atoms with Crippen molar-refractivity contribution in [2.45, 2.75) is 0 Å². The molecule has 1 aromatic carbocycles. The quantitative estimate of drug-likeness (QED) is 0.768. The van der Waals surface area contributed by atoms with Crippen LogP contribution >= 0.6 is 23.2 Å². The van der Waals surface area contributed by atoms with Crippen LogP contribution in [0.15, 0.2) is 41.3 Å². The molecule has 5 heteroatoms. The van der Waals surface area contributed by atoms with Gasteiger partial charge in [-0.05, 0) is 24.3 Å². The van der Waals surface area contributed by atoms with Gasteiger partial charge in [-0.3, -0.25) is 4.79 Å². The summed E-state index contributed by atoms with van der Waals surface area (Å²) in [6, 6.07) is 7.91. The fraction of sp³-hybridized carbons (Fsp3) is 0. The van der Waals surface area contributed by atoms with E-state index in [1.165, 1.54) is 16.9 Å². The molecule has 0 atom stereocenters. The van der Waals surface area contributed by atoms with Crippen LogP contribution in [0.2, 0.25) is 10.0 Å². The molecule has 0 unspecified atom stereocenters. The van der Waals surface area contributed by atoms with Crippen LogP contribution in [0.4, 0.5) is 0 Å². The first-order valence-corrected chi connectivity index (χ1v) is 4.94. The molecule has 15 heavy (non-hydrogen) atoms. The molecule has 0 spiro atoms. The number of aromatic nitrogens is 2. The van der Waals surface area contributed by atoms with Crippen molar-refractivity contribution in [1.82, 2.24) is 9.78 Å². The first kappa shape index (κ1) is 10.2. The van der Waals surface area contributed by atoms with Crippen LogP contribution in [0, 0.1) is 0 Å². The molecule has 0 aliphatic rings. The molecular formula is C10H6Cl2N2O. The maximum absolute atomic E-state index is 11.4. The van der Waals surface area contributed by atoms with E-state index in [1.807, 2.05) is 0 Å². The highest BCUT2D eigenvalue weighted by molar-refractivity contribution is 6.42. The lowest BCUT2D eigenvalue weighted by Crippen LogP contribution is -2.18. The van der Waals surface area contributed by atoms with Crippen molar-refractivity contribution >= 4 is 23.2 Å². The highest BCUT2D eigenvalue weighted by Crippen LogP contribution is 2.23. The van der Waals surface area contributed by atoms with Gasteiger partial charge in [0.2, 0.25) is 0 Å². The number of hydrogen-bond acceptors (Lipinski definition) is 2. The van der Waals surface area contributed by atoms with E-state index in [9.17, 15) is 4.79 Å². The van der Waals surface area contributed by atoms with E-state index in [0.717, 1.165) is 0 Å². The summed E-state index contributed by atoms with van der Waals surface area (Å²) in [5.74, 6) is 0. The Balaban J connectivity index is 2.60. The number of rotatable bonds is 1. The summed E-state index contributed by atoms with van der Waals surface area (Å²) in [6.45, 7) is 0. The van der Waals surface area contributed by atoms with Crippen LogP contribution in [0.3, 0.4) is 0 Å². The van der Waals surface area contributed by atoms with Crippen molar-refractivity contribution in [1.29, 1.82) is 0 Å². The fourth-order valence-corrected chi connectivity index (χ4v) is 1.46. The summed E-state index contributed by atoms with van der Waals surface area (Å²) in [7, 11) is 0. The van der Waals surface area contributed by atoms with Gasteiger partial charge in [0.15, 0.2) is 0 Å². The molecule has 0 saturated carbocycles. The SMILES string of the molecule is O=c1cccnn1-c1ccc(Cl)c(Cl)c1. The second-order valence-corrected chi connectivity index (χ2v) is 3.69.